The van der Waals surface area contributed by atoms with Gasteiger partial charge < -0.3 is 16.8 Å². The summed E-state index contributed by atoms with van der Waals surface area (Å²) in [6, 6.07) is 17.1. The van der Waals surface area contributed by atoms with Gasteiger partial charge >= 0.3 is 0 Å². The van der Waals surface area contributed by atoms with Gasteiger partial charge in [0.25, 0.3) is 11.8 Å². The molecule has 12 heteroatoms. The molecule has 39 heavy (non-hydrogen) atoms. The Hall–Kier alpha value is -5.23. The van der Waals surface area contributed by atoms with Gasteiger partial charge in [0.1, 0.15) is 17.2 Å². The fraction of sp³-hybridized carbons (Fsp3) is 0.0370. The quantitative estimate of drug-likeness (QED) is 0.291. The maximum atomic E-state index is 14.2. The van der Waals surface area contributed by atoms with Crippen molar-refractivity contribution >= 4 is 50.3 Å². The zero-order chi connectivity index (χ0) is 27.1. The minimum Gasteiger partial charge on any atom is -0.383 e. The highest BCUT2D eigenvalue weighted by Gasteiger charge is 2.19. The van der Waals surface area contributed by atoms with Crippen LogP contribution in [-0.4, -0.2) is 36.3 Å². The number of primary amides is 1. The number of thiazole rings is 1. The van der Waals surface area contributed by atoms with E-state index < -0.39 is 17.6 Å². The van der Waals surface area contributed by atoms with E-state index in [9.17, 15) is 14.0 Å². The number of anilines is 1. The Balaban J connectivity index is 1.28. The van der Waals surface area contributed by atoms with E-state index in [2.05, 4.69) is 20.3 Å². The largest absolute Gasteiger partial charge is 0.383 e. The summed E-state index contributed by atoms with van der Waals surface area (Å²) in [7, 11) is 0. The third-order valence-electron chi connectivity index (χ3n) is 6.06. The first-order valence-corrected chi connectivity index (χ1v) is 12.5. The Kier molecular flexibility index (Phi) is 5.92. The van der Waals surface area contributed by atoms with Gasteiger partial charge in [0.05, 0.1) is 21.3 Å². The Labute approximate surface area is 224 Å². The third kappa shape index (κ3) is 4.42. The lowest BCUT2D eigenvalue weighted by Crippen LogP contribution is -2.23. The molecule has 6 aromatic rings. The maximum absolute atomic E-state index is 14.2. The number of carbonyl (C=O) groups is 2. The number of amides is 2. The first-order chi connectivity index (χ1) is 18.9. The number of nitrogens with zero attached hydrogens (tertiary/aromatic N) is 5. The number of nitrogen functional groups attached to an aromatic ring is 1. The van der Waals surface area contributed by atoms with Gasteiger partial charge in [0.15, 0.2) is 16.5 Å². The number of halogens is 1. The van der Waals surface area contributed by atoms with Crippen LogP contribution in [0, 0.1) is 5.82 Å². The van der Waals surface area contributed by atoms with Gasteiger partial charge in [0.2, 0.25) is 0 Å². The molecule has 4 heterocycles. The number of hydrogen-bond acceptors (Lipinski definition) is 8. The molecular formula is C27H19FN8O2S. The molecule has 0 spiro atoms. The summed E-state index contributed by atoms with van der Waals surface area (Å²) in [4.78, 5) is 42.0. The maximum Gasteiger partial charge on any atom is 0.277 e. The molecule has 0 aliphatic carbocycles. The fourth-order valence-corrected chi connectivity index (χ4v) is 5.13. The topological polar surface area (TPSA) is 155 Å². The van der Waals surface area contributed by atoms with Crippen LogP contribution in [0.5, 0.6) is 0 Å². The standard InChI is InChI=1S/C27H19FN8O2S/c28-15-11-18(21-20(12-15)39-27(35-21)23(30)37)26(38)33-13-14-5-7-16(8-6-14)36-24(17-3-1-9-31-22(17)29)34-19-4-2-10-32-25(19)36/h1-12H,13H2,(H2,29,31)(H2,30,37)(H,33,38). The van der Waals surface area contributed by atoms with Crippen LogP contribution < -0.4 is 16.8 Å². The van der Waals surface area contributed by atoms with Crippen molar-refractivity contribution in [3.8, 4) is 17.1 Å². The summed E-state index contributed by atoms with van der Waals surface area (Å²) >= 11 is 0.937. The van der Waals surface area contributed by atoms with Crippen LogP contribution >= 0.6 is 11.3 Å². The van der Waals surface area contributed by atoms with Crippen LogP contribution in [-0.2, 0) is 6.54 Å². The van der Waals surface area contributed by atoms with Crippen LogP contribution in [0.3, 0.4) is 0 Å². The Bertz CT molecular complexity index is 1900. The predicted molar refractivity (Wildman–Crippen MR) is 146 cm³/mol. The molecule has 0 fully saturated rings. The number of fused-ring (bicyclic) bond motifs is 2. The van der Waals surface area contributed by atoms with Crippen LogP contribution in [0.2, 0.25) is 0 Å². The minimum atomic E-state index is -0.738. The molecule has 10 nitrogen and oxygen atoms in total. The van der Waals surface area contributed by atoms with Crippen molar-refractivity contribution in [3.63, 3.8) is 0 Å². The SMILES string of the molecule is NC(=O)c1nc2c(C(=O)NCc3ccc(-n4c(-c5cccnc5N)nc5cccnc54)cc3)cc(F)cc2s1. The zero-order valence-corrected chi connectivity index (χ0v) is 20.9. The van der Waals surface area contributed by atoms with E-state index >= 15 is 0 Å². The molecule has 2 amide bonds. The number of nitrogens with two attached hydrogens (primary N) is 2. The van der Waals surface area contributed by atoms with Crippen molar-refractivity contribution < 1.29 is 14.0 Å². The molecule has 2 aromatic carbocycles. The Morgan fingerprint density at radius 2 is 1.77 bits per heavy atom. The van der Waals surface area contributed by atoms with E-state index in [1.165, 1.54) is 6.07 Å². The molecule has 0 aliphatic rings. The summed E-state index contributed by atoms with van der Waals surface area (Å²) < 4.78 is 16.4. The third-order valence-corrected chi connectivity index (χ3v) is 7.08. The summed E-state index contributed by atoms with van der Waals surface area (Å²) in [6.07, 6.45) is 3.31. The summed E-state index contributed by atoms with van der Waals surface area (Å²) in [5.74, 6) is -0.919. The van der Waals surface area contributed by atoms with Gasteiger partial charge in [-0.2, -0.15) is 0 Å². The smallest absolute Gasteiger partial charge is 0.277 e. The van der Waals surface area contributed by atoms with Crippen LogP contribution in [0.25, 0.3) is 38.5 Å². The van der Waals surface area contributed by atoms with Crippen LogP contribution in [0.15, 0.2) is 73.1 Å². The first-order valence-electron chi connectivity index (χ1n) is 11.7. The van der Waals surface area contributed by atoms with Crippen molar-refractivity contribution in [1.29, 1.82) is 0 Å². The Morgan fingerprint density at radius 3 is 2.54 bits per heavy atom. The van der Waals surface area contributed by atoms with Crippen molar-refractivity contribution in [2.75, 3.05) is 5.73 Å². The van der Waals surface area contributed by atoms with Crippen molar-refractivity contribution in [2.24, 2.45) is 5.73 Å². The lowest BCUT2D eigenvalue weighted by Gasteiger charge is -2.11. The number of pyridine rings is 2. The summed E-state index contributed by atoms with van der Waals surface area (Å²) in [6.45, 7) is 0.176. The van der Waals surface area contributed by atoms with E-state index in [0.29, 0.717) is 33.1 Å². The number of hydrogen-bond donors (Lipinski definition) is 3. The van der Waals surface area contributed by atoms with Gasteiger partial charge in [-0.15, -0.1) is 11.3 Å². The molecule has 0 bridgehead atoms. The van der Waals surface area contributed by atoms with Crippen molar-refractivity contribution in [1.82, 2.24) is 29.8 Å². The average molecular weight is 539 g/mol. The highest BCUT2D eigenvalue weighted by molar-refractivity contribution is 7.20. The van der Waals surface area contributed by atoms with Crippen molar-refractivity contribution in [2.45, 2.75) is 6.54 Å². The van der Waals surface area contributed by atoms with Gasteiger partial charge in [-0.1, -0.05) is 12.1 Å². The molecule has 5 N–H and O–H groups in total. The highest BCUT2D eigenvalue weighted by Crippen LogP contribution is 2.30. The van der Waals surface area contributed by atoms with E-state index in [1.54, 1.807) is 18.5 Å². The zero-order valence-electron chi connectivity index (χ0n) is 20.1. The molecule has 6 rings (SSSR count). The van der Waals surface area contributed by atoms with E-state index in [1.807, 2.05) is 47.0 Å². The van der Waals surface area contributed by atoms with Crippen molar-refractivity contribution in [3.05, 3.63) is 95.0 Å². The first kappa shape index (κ1) is 24.1. The molecule has 0 aliphatic heterocycles. The Morgan fingerprint density at radius 1 is 1.00 bits per heavy atom. The lowest BCUT2D eigenvalue weighted by molar-refractivity contribution is 0.0950. The predicted octanol–water partition coefficient (Wildman–Crippen LogP) is 3.84. The summed E-state index contributed by atoms with van der Waals surface area (Å²) in [5.41, 5.74) is 15.3. The van der Waals surface area contributed by atoms with Gasteiger partial charge in [-0.3, -0.25) is 14.2 Å². The van der Waals surface area contributed by atoms with Gasteiger partial charge in [-0.25, -0.2) is 24.3 Å². The minimum absolute atomic E-state index is 0.00848. The molecule has 0 unspecified atom stereocenters. The fourth-order valence-electron chi connectivity index (χ4n) is 4.26. The average Bonchev–Trinajstić information content (AvgIpc) is 3.54. The van der Waals surface area contributed by atoms with Crippen LogP contribution in [0.4, 0.5) is 10.2 Å². The number of rotatable bonds is 6. The second-order valence-electron chi connectivity index (χ2n) is 8.59. The summed E-state index contributed by atoms with van der Waals surface area (Å²) in [5, 5.41) is 2.80. The number of imidazole rings is 1. The molecule has 4 aromatic heterocycles. The molecular weight excluding hydrogens is 519 g/mol. The molecule has 0 saturated heterocycles. The molecule has 0 atom stereocenters. The second-order valence-corrected chi connectivity index (χ2v) is 9.62. The monoisotopic (exact) mass is 538 g/mol. The highest BCUT2D eigenvalue weighted by atomic mass is 32.1. The van der Waals surface area contributed by atoms with E-state index in [4.69, 9.17) is 16.5 Å². The number of aromatic nitrogens is 5. The molecule has 0 radical (unpaired) electrons. The number of benzene rings is 2. The lowest BCUT2D eigenvalue weighted by atomic mass is 10.1. The normalized spacial score (nSPS) is 11.2. The van der Waals surface area contributed by atoms with E-state index in [0.717, 1.165) is 28.7 Å². The number of carbonyl (C=O) groups excluding carboxylic acids is 2. The van der Waals surface area contributed by atoms with Gasteiger partial charge in [-0.05, 0) is 54.1 Å². The van der Waals surface area contributed by atoms with Crippen LogP contribution in [0.1, 0.15) is 25.7 Å². The number of nitrogens with one attached hydrogen (secondary N) is 1. The molecule has 192 valence electrons. The second kappa shape index (κ2) is 9.58. The molecule has 0 saturated carbocycles. The van der Waals surface area contributed by atoms with E-state index in [-0.39, 0.29) is 22.6 Å². The van der Waals surface area contributed by atoms with Gasteiger partial charge in [0, 0.05) is 24.6 Å².